The van der Waals surface area contributed by atoms with Crippen LogP contribution in [0.5, 0.6) is 5.75 Å². The molecular weight excluding hydrogens is 400 g/mol. The van der Waals surface area contributed by atoms with Crippen LogP contribution >= 0.6 is 11.3 Å². The van der Waals surface area contributed by atoms with E-state index in [-0.39, 0.29) is 11.5 Å². The molecule has 1 amide bonds. The molecule has 0 saturated heterocycles. The molecule has 2 aromatic carbocycles. The highest BCUT2D eigenvalue weighted by molar-refractivity contribution is 7.07. The lowest BCUT2D eigenvalue weighted by molar-refractivity contribution is -0.110. The first-order valence-electron chi connectivity index (χ1n) is 9.56. The maximum atomic E-state index is 13.3. The van der Waals surface area contributed by atoms with E-state index in [2.05, 4.69) is 10.3 Å². The fraction of sp³-hybridized carbons (Fsp3) is 0.227. The second-order valence-electron chi connectivity index (χ2n) is 7.46. The molecule has 0 radical (unpaired) electrons. The Hall–Kier alpha value is -3.39. The molecule has 3 heterocycles. The van der Waals surface area contributed by atoms with Gasteiger partial charge in [0.15, 0.2) is 4.80 Å². The number of nitrogens with zero attached hydrogens (tertiary/aromatic N) is 3. The van der Waals surface area contributed by atoms with Crippen LogP contribution in [0.25, 0.3) is 5.57 Å². The van der Waals surface area contributed by atoms with E-state index in [1.54, 1.807) is 11.7 Å². The third-order valence-corrected chi connectivity index (χ3v) is 6.55. The van der Waals surface area contributed by atoms with Gasteiger partial charge in [-0.25, -0.2) is 4.99 Å². The fourth-order valence-corrected chi connectivity index (χ4v) is 5.03. The number of aromatic nitrogens is 1. The van der Waals surface area contributed by atoms with Gasteiger partial charge in [-0.15, -0.1) is 0 Å². The Labute approximate surface area is 176 Å². The topological polar surface area (TPSA) is 75.9 Å². The molecule has 152 valence electrons. The zero-order chi connectivity index (χ0) is 21.0. The van der Waals surface area contributed by atoms with Gasteiger partial charge in [-0.1, -0.05) is 23.0 Å². The molecule has 2 aliphatic rings. The molecule has 1 N–H and O–H groups in total. The van der Waals surface area contributed by atoms with Gasteiger partial charge >= 0.3 is 0 Å². The third-order valence-electron chi connectivity index (χ3n) is 5.43. The van der Waals surface area contributed by atoms with Crippen molar-refractivity contribution in [2.75, 3.05) is 24.0 Å². The number of hydrogen-bond acceptors (Lipinski definition) is 6. The number of hydrogen-bond donors (Lipinski definition) is 1. The molecule has 30 heavy (non-hydrogen) atoms. The zero-order valence-corrected chi connectivity index (χ0v) is 17.7. The van der Waals surface area contributed by atoms with Gasteiger partial charge in [-0.2, -0.15) is 0 Å². The highest BCUT2D eigenvalue weighted by atomic mass is 32.1. The lowest BCUT2D eigenvalue weighted by atomic mass is 10.0. The summed E-state index contributed by atoms with van der Waals surface area (Å²) >= 11 is 1.28. The van der Waals surface area contributed by atoms with Gasteiger partial charge in [-0.05, 0) is 49.7 Å². The lowest BCUT2D eigenvalue weighted by Gasteiger charge is -2.25. The largest absolute Gasteiger partial charge is 0.497 e. The fourth-order valence-electron chi connectivity index (χ4n) is 3.97. The summed E-state index contributed by atoms with van der Waals surface area (Å²) in [5.41, 5.74) is 4.83. The van der Waals surface area contributed by atoms with Crippen LogP contribution in [0.1, 0.15) is 16.7 Å². The van der Waals surface area contributed by atoms with E-state index in [0.29, 0.717) is 28.2 Å². The minimum atomic E-state index is -0.234. The quantitative estimate of drug-likeness (QED) is 0.685. The van der Waals surface area contributed by atoms with Crippen molar-refractivity contribution in [3.63, 3.8) is 0 Å². The van der Waals surface area contributed by atoms with Crippen molar-refractivity contribution in [2.24, 2.45) is 4.99 Å². The maximum absolute atomic E-state index is 13.3. The number of anilines is 2. The van der Waals surface area contributed by atoms with E-state index < -0.39 is 0 Å². The van der Waals surface area contributed by atoms with Crippen LogP contribution in [0.2, 0.25) is 0 Å². The average Bonchev–Trinajstić information content (AvgIpc) is 3.24. The predicted molar refractivity (Wildman–Crippen MR) is 117 cm³/mol. The Bertz CT molecular complexity index is 1370. The van der Waals surface area contributed by atoms with E-state index >= 15 is 0 Å². The van der Waals surface area contributed by atoms with E-state index in [4.69, 9.17) is 4.74 Å². The Balaban J connectivity index is 1.62. The Morgan fingerprint density at radius 1 is 1.13 bits per heavy atom. The number of fused-ring (bicyclic) bond motifs is 2. The summed E-state index contributed by atoms with van der Waals surface area (Å²) in [6.07, 6.45) is 0. The number of aryl methyl sites for hydroxylation is 2. The summed E-state index contributed by atoms with van der Waals surface area (Å²) in [7, 11) is 1.63. The highest BCUT2D eigenvalue weighted by Crippen LogP contribution is 2.33. The Morgan fingerprint density at radius 2 is 1.90 bits per heavy atom. The summed E-state index contributed by atoms with van der Waals surface area (Å²) in [4.78, 5) is 33.3. The number of amides is 1. The van der Waals surface area contributed by atoms with Crippen LogP contribution in [-0.4, -0.2) is 24.3 Å². The summed E-state index contributed by atoms with van der Waals surface area (Å²) in [6.45, 7) is 4.78. The van der Waals surface area contributed by atoms with Crippen LogP contribution in [-0.2, 0) is 11.5 Å². The molecule has 3 aromatic rings. The minimum Gasteiger partial charge on any atom is -0.497 e. The lowest BCUT2D eigenvalue weighted by Crippen LogP contribution is -2.43. The van der Waals surface area contributed by atoms with E-state index in [1.165, 1.54) is 11.3 Å². The average molecular weight is 420 g/mol. The van der Waals surface area contributed by atoms with Crippen LogP contribution in [0, 0.1) is 13.8 Å². The first kappa shape index (κ1) is 18.6. The van der Waals surface area contributed by atoms with E-state index in [0.717, 1.165) is 33.8 Å². The second-order valence-corrected chi connectivity index (χ2v) is 8.44. The van der Waals surface area contributed by atoms with Gasteiger partial charge in [0.2, 0.25) is 0 Å². The highest BCUT2D eigenvalue weighted by Gasteiger charge is 2.29. The monoisotopic (exact) mass is 420 g/mol. The number of rotatable bonds is 2. The molecule has 0 bridgehead atoms. The summed E-state index contributed by atoms with van der Waals surface area (Å²) in [5, 5.41) is 2.92. The van der Waals surface area contributed by atoms with Crippen molar-refractivity contribution in [3.8, 4) is 5.75 Å². The molecule has 0 spiro atoms. The molecule has 0 fully saturated rings. The molecule has 0 aliphatic carbocycles. The number of methoxy groups -OCH3 is 1. The molecule has 0 saturated carbocycles. The molecule has 0 atom stereocenters. The van der Waals surface area contributed by atoms with Crippen LogP contribution in [0.15, 0.2) is 46.2 Å². The molecule has 7 nitrogen and oxygen atoms in total. The molecule has 0 unspecified atom stereocenters. The molecule has 2 aliphatic heterocycles. The van der Waals surface area contributed by atoms with E-state index in [9.17, 15) is 9.59 Å². The SMILES string of the molecule is COc1ccc(N2CN=c3s/c(=C4\C(=O)Nc5c(C)cc(C)cc54)c(=O)n3C2)cc1. The van der Waals surface area contributed by atoms with Gasteiger partial charge in [0.05, 0.1) is 18.4 Å². The summed E-state index contributed by atoms with van der Waals surface area (Å²) < 4.78 is 7.28. The van der Waals surface area contributed by atoms with Gasteiger partial charge in [-0.3, -0.25) is 14.2 Å². The van der Waals surface area contributed by atoms with Crippen LogP contribution in [0.3, 0.4) is 0 Å². The van der Waals surface area contributed by atoms with E-state index in [1.807, 2.05) is 55.1 Å². The van der Waals surface area contributed by atoms with Gasteiger partial charge in [0, 0.05) is 11.3 Å². The normalized spacial score (nSPS) is 16.6. The van der Waals surface area contributed by atoms with Crippen molar-refractivity contribution in [1.82, 2.24) is 4.57 Å². The van der Waals surface area contributed by atoms with Crippen molar-refractivity contribution in [2.45, 2.75) is 20.5 Å². The minimum absolute atomic E-state index is 0.186. The molecule has 5 rings (SSSR count). The standard InChI is InChI=1S/C22H20N4O3S/c1-12-8-13(2)18-16(9-12)17(20(27)24-18)19-21(28)26-11-25(10-23-22(26)30-19)14-4-6-15(29-3)7-5-14/h4-9H,10-11H2,1-3H3,(H,24,27)/b19-17-. The van der Waals surface area contributed by atoms with Gasteiger partial charge < -0.3 is 15.0 Å². The maximum Gasteiger partial charge on any atom is 0.272 e. The van der Waals surface area contributed by atoms with Gasteiger partial charge in [0.25, 0.3) is 11.5 Å². The first-order valence-corrected chi connectivity index (χ1v) is 10.4. The van der Waals surface area contributed by atoms with Crippen LogP contribution in [0.4, 0.5) is 11.4 Å². The number of benzene rings is 2. The summed E-state index contributed by atoms with van der Waals surface area (Å²) in [6, 6.07) is 11.6. The Kier molecular flexibility index (Phi) is 4.25. The smallest absolute Gasteiger partial charge is 0.272 e. The second kappa shape index (κ2) is 6.84. The number of ether oxygens (including phenoxy) is 1. The number of carbonyl (C=O) groups is 1. The van der Waals surface area contributed by atoms with Crippen molar-refractivity contribution in [3.05, 3.63) is 72.8 Å². The summed E-state index contributed by atoms with van der Waals surface area (Å²) in [5.74, 6) is 0.540. The third kappa shape index (κ3) is 2.83. The molecular formula is C22H20N4O3S. The van der Waals surface area contributed by atoms with Crippen molar-refractivity contribution in [1.29, 1.82) is 0 Å². The van der Waals surface area contributed by atoms with Crippen molar-refractivity contribution >= 4 is 34.2 Å². The zero-order valence-electron chi connectivity index (χ0n) is 16.9. The molecule has 8 heteroatoms. The first-order chi connectivity index (χ1) is 14.5. The van der Waals surface area contributed by atoms with Crippen molar-refractivity contribution < 1.29 is 9.53 Å². The molecule has 1 aromatic heterocycles. The number of carbonyl (C=O) groups excluding carboxylic acids is 1. The van der Waals surface area contributed by atoms with Gasteiger partial charge in [0.1, 0.15) is 23.6 Å². The predicted octanol–water partition coefficient (Wildman–Crippen LogP) is 1.74. The van der Waals surface area contributed by atoms with Crippen LogP contribution < -0.4 is 29.8 Å². The number of nitrogens with one attached hydrogen (secondary N) is 1. The Morgan fingerprint density at radius 3 is 2.63 bits per heavy atom. The number of thiazole rings is 1.